The highest BCUT2D eigenvalue weighted by Crippen LogP contribution is 2.30. The molecule has 0 heterocycles. The van der Waals surface area contributed by atoms with Crippen molar-refractivity contribution in [2.45, 2.75) is 30.7 Å². The number of anilines is 2. The molecular formula is C19H21N3O5S. The molecule has 0 bridgehead atoms. The van der Waals surface area contributed by atoms with Crippen LogP contribution in [-0.4, -0.2) is 33.4 Å². The van der Waals surface area contributed by atoms with Crippen LogP contribution in [0, 0.1) is 0 Å². The fraction of sp³-hybridized carbons (Fsp3) is 0.263. The number of carbonyl (C=O) groups excluding carboxylic acids is 2. The Morgan fingerprint density at radius 3 is 2.46 bits per heavy atom. The van der Waals surface area contributed by atoms with Gasteiger partial charge < -0.3 is 15.4 Å². The number of ether oxygens (including phenoxy) is 1. The number of carbonyl (C=O) groups is 2. The molecule has 1 aliphatic rings. The van der Waals surface area contributed by atoms with Gasteiger partial charge in [-0.3, -0.25) is 14.3 Å². The van der Waals surface area contributed by atoms with E-state index in [-0.39, 0.29) is 39.8 Å². The molecule has 0 aliphatic heterocycles. The second kappa shape index (κ2) is 7.89. The Hall–Kier alpha value is -3.07. The molecule has 0 atom stereocenters. The number of rotatable bonds is 7. The van der Waals surface area contributed by atoms with Crippen molar-refractivity contribution in [3.63, 3.8) is 0 Å². The fourth-order valence-electron chi connectivity index (χ4n) is 2.63. The van der Waals surface area contributed by atoms with Crippen molar-refractivity contribution in [2.24, 2.45) is 0 Å². The van der Waals surface area contributed by atoms with Crippen LogP contribution in [0.2, 0.25) is 0 Å². The summed E-state index contributed by atoms with van der Waals surface area (Å²) in [6, 6.07) is 10.8. The van der Waals surface area contributed by atoms with Gasteiger partial charge in [-0.1, -0.05) is 12.1 Å². The van der Waals surface area contributed by atoms with Crippen LogP contribution in [0.25, 0.3) is 0 Å². The molecule has 1 aliphatic carbocycles. The van der Waals surface area contributed by atoms with Crippen molar-refractivity contribution in [2.75, 3.05) is 17.1 Å². The van der Waals surface area contributed by atoms with Crippen LogP contribution >= 0.6 is 0 Å². The summed E-state index contributed by atoms with van der Waals surface area (Å²) in [5.41, 5.74) is 0.705. The molecule has 0 aromatic heterocycles. The zero-order valence-electron chi connectivity index (χ0n) is 15.5. The molecule has 0 saturated heterocycles. The lowest BCUT2D eigenvalue weighted by molar-refractivity contribution is -0.114. The van der Waals surface area contributed by atoms with Crippen molar-refractivity contribution < 1.29 is 22.7 Å². The average Bonchev–Trinajstić information content (AvgIpc) is 3.45. The first-order chi connectivity index (χ1) is 13.3. The molecule has 9 heteroatoms. The van der Waals surface area contributed by atoms with Gasteiger partial charge in [0, 0.05) is 18.7 Å². The second-order valence-electron chi connectivity index (χ2n) is 6.45. The molecule has 0 unspecified atom stereocenters. The number of para-hydroxylation sites is 1. The third-order valence-electron chi connectivity index (χ3n) is 4.10. The maximum Gasteiger partial charge on any atom is 0.265 e. The number of nitrogens with one attached hydrogen (secondary N) is 3. The van der Waals surface area contributed by atoms with E-state index in [4.69, 9.17) is 4.74 Å². The maximum absolute atomic E-state index is 13.0. The Morgan fingerprint density at radius 2 is 1.82 bits per heavy atom. The molecule has 148 valence electrons. The third kappa shape index (κ3) is 4.61. The van der Waals surface area contributed by atoms with E-state index in [0.29, 0.717) is 5.69 Å². The van der Waals surface area contributed by atoms with E-state index in [0.717, 1.165) is 12.8 Å². The van der Waals surface area contributed by atoms with Gasteiger partial charge in [-0.15, -0.1) is 0 Å². The summed E-state index contributed by atoms with van der Waals surface area (Å²) in [6.45, 7) is 1.32. The van der Waals surface area contributed by atoms with E-state index < -0.39 is 10.0 Å². The lowest BCUT2D eigenvalue weighted by atomic mass is 10.1. The van der Waals surface area contributed by atoms with Gasteiger partial charge in [-0.05, 0) is 43.2 Å². The summed E-state index contributed by atoms with van der Waals surface area (Å²) in [5, 5.41) is 5.38. The predicted molar refractivity (Wildman–Crippen MR) is 105 cm³/mol. The fourth-order valence-corrected chi connectivity index (χ4v) is 3.90. The van der Waals surface area contributed by atoms with Crippen LogP contribution in [0.3, 0.4) is 0 Å². The van der Waals surface area contributed by atoms with Crippen LogP contribution in [0.5, 0.6) is 5.75 Å². The molecule has 2 aromatic carbocycles. The molecule has 3 rings (SSSR count). The Labute approximate surface area is 163 Å². The Morgan fingerprint density at radius 1 is 1.11 bits per heavy atom. The summed E-state index contributed by atoms with van der Waals surface area (Å²) >= 11 is 0. The molecular weight excluding hydrogens is 382 g/mol. The van der Waals surface area contributed by atoms with Crippen LogP contribution in [0.15, 0.2) is 47.4 Å². The van der Waals surface area contributed by atoms with Crippen molar-refractivity contribution in [1.29, 1.82) is 0 Å². The van der Waals surface area contributed by atoms with E-state index in [1.165, 1.54) is 38.3 Å². The minimum Gasteiger partial charge on any atom is -0.495 e. The van der Waals surface area contributed by atoms with Crippen molar-refractivity contribution >= 4 is 33.2 Å². The highest BCUT2D eigenvalue weighted by atomic mass is 32.2. The minimum atomic E-state index is -4.09. The summed E-state index contributed by atoms with van der Waals surface area (Å²) in [6.07, 6.45) is 1.85. The lowest BCUT2D eigenvalue weighted by Gasteiger charge is -2.15. The quantitative estimate of drug-likeness (QED) is 0.657. The van der Waals surface area contributed by atoms with E-state index >= 15 is 0 Å². The Bertz CT molecular complexity index is 1020. The average molecular weight is 403 g/mol. The number of hydrogen-bond donors (Lipinski definition) is 3. The van der Waals surface area contributed by atoms with E-state index in [9.17, 15) is 18.0 Å². The van der Waals surface area contributed by atoms with Gasteiger partial charge in [0.05, 0.1) is 18.4 Å². The Kier molecular flexibility index (Phi) is 5.55. The highest BCUT2D eigenvalue weighted by molar-refractivity contribution is 7.92. The van der Waals surface area contributed by atoms with E-state index in [1.54, 1.807) is 18.2 Å². The number of sulfonamides is 1. The summed E-state index contributed by atoms with van der Waals surface area (Å²) < 4.78 is 33.6. The number of hydrogen-bond acceptors (Lipinski definition) is 5. The minimum absolute atomic E-state index is 0.113. The van der Waals surface area contributed by atoms with Crippen molar-refractivity contribution in [1.82, 2.24) is 5.32 Å². The third-order valence-corrected chi connectivity index (χ3v) is 5.49. The van der Waals surface area contributed by atoms with Gasteiger partial charge >= 0.3 is 0 Å². The molecule has 2 aromatic rings. The smallest absolute Gasteiger partial charge is 0.265 e. The monoisotopic (exact) mass is 403 g/mol. The normalized spacial score (nSPS) is 13.5. The number of amides is 2. The van der Waals surface area contributed by atoms with Gasteiger partial charge in [0.15, 0.2) is 0 Å². The van der Waals surface area contributed by atoms with Crippen LogP contribution < -0.4 is 20.1 Å². The molecule has 0 spiro atoms. The van der Waals surface area contributed by atoms with E-state index in [2.05, 4.69) is 15.4 Å². The van der Waals surface area contributed by atoms with Crippen LogP contribution in [-0.2, 0) is 14.8 Å². The van der Waals surface area contributed by atoms with Gasteiger partial charge in [0.25, 0.3) is 15.9 Å². The van der Waals surface area contributed by atoms with E-state index in [1.807, 2.05) is 0 Å². The second-order valence-corrected chi connectivity index (χ2v) is 8.10. The SMILES string of the molecule is COc1ccc(NC(C)=O)cc1S(=O)(=O)Nc1ccccc1C(=O)NC1CC1. The zero-order valence-corrected chi connectivity index (χ0v) is 16.3. The highest BCUT2D eigenvalue weighted by Gasteiger charge is 2.26. The Balaban J connectivity index is 1.94. The predicted octanol–water partition coefficient (Wildman–Crippen LogP) is 2.35. The van der Waals surface area contributed by atoms with Gasteiger partial charge in [-0.2, -0.15) is 0 Å². The first-order valence-corrected chi connectivity index (χ1v) is 10.2. The largest absolute Gasteiger partial charge is 0.495 e. The first-order valence-electron chi connectivity index (χ1n) is 8.68. The van der Waals surface area contributed by atoms with Crippen LogP contribution in [0.1, 0.15) is 30.1 Å². The summed E-state index contributed by atoms with van der Waals surface area (Å²) in [5.74, 6) is -0.551. The van der Waals surface area contributed by atoms with Gasteiger partial charge in [-0.25, -0.2) is 8.42 Å². The molecule has 28 heavy (non-hydrogen) atoms. The molecule has 1 saturated carbocycles. The molecule has 8 nitrogen and oxygen atoms in total. The van der Waals surface area contributed by atoms with Crippen molar-refractivity contribution in [3.8, 4) is 5.75 Å². The summed E-state index contributed by atoms with van der Waals surface area (Å²) in [4.78, 5) is 23.5. The molecule has 2 amide bonds. The standard InChI is InChI=1S/C19H21N3O5S/c1-12(23)20-14-9-10-17(27-2)18(11-14)28(25,26)22-16-6-4-3-5-15(16)19(24)21-13-7-8-13/h3-6,9-11,13,22H,7-8H2,1-2H3,(H,20,23)(H,21,24). The molecule has 3 N–H and O–H groups in total. The topological polar surface area (TPSA) is 114 Å². The van der Waals surface area contributed by atoms with Crippen LogP contribution in [0.4, 0.5) is 11.4 Å². The summed E-state index contributed by atoms with van der Waals surface area (Å²) in [7, 11) is -2.74. The molecule has 1 fully saturated rings. The first kappa shape index (κ1) is 19.7. The zero-order chi connectivity index (χ0) is 20.3. The van der Waals surface area contributed by atoms with Gasteiger partial charge in [0.2, 0.25) is 5.91 Å². The molecule has 0 radical (unpaired) electrons. The van der Waals surface area contributed by atoms with Gasteiger partial charge in [0.1, 0.15) is 10.6 Å². The lowest BCUT2D eigenvalue weighted by Crippen LogP contribution is -2.27. The number of benzene rings is 2. The number of methoxy groups -OCH3 is 1. The van der Waals surface area contributed by atoms with Crippen molar-refractivity contribution in [3.05, 3.63) is 48.0 Å². The maximum atomic E-state index is 13.0.